The first kappa shape index (κ1) is 4.96. The van der Waals surface area contributed by atoms with Crippen LogP contribution in [0.4, 0.5) is 0 Å². The van der Waals surface area contributed by atoms with Crippen LogP contribution in [-0.2, 0) is 0 Å². The van der Waals surface area contributed by atoms with E-state index in [0.29, 0.717) is 0 Å². The molecular formula is C3H4N2P2. The molecule has 0 spiro atoms. The molecular weight excluding hydrogens is 126 g/mol. The van der Waals surface area contributed by atoms with E-state index in [0.717, 1.165) is 8.02 Å². The van der Waals surface area contributed by atoms with E-state index < -0.39 is 0 Å². The van der Waals surface area contributed by atoms with Gasteiger partial charge in [-0.05, 0) is 0 Å². The van der Waals surface area contributed by atoms with Gasteiger partial charge in [0.05, 0.1) is 0 Å². The molecule has 1 rings (SSSR count). The molecule has 0 saturated heterocycles. The predicted octanol–water partition coefficient (Wildman–Crippen LogP) is 1.65. The maximum absolute atomic E-state index is 3.82. The van der Waals surface area contributed by atoms with Gasteiger partial charge in [-0.1, -0.05) is 8.53 Å². The maximum Gasteiger partial charge on any atom is 0.102 e. The van der Waals surface area contributed by atoms with E-state index in [2.05, 4.69) is 13.5 Å². The van der Waals surface area contributed by atoms with Crippen LogP contribution >= 0.6 is 16.5 Å². The van der Waals surface area contributed by atoms with E-state index in [9.17, 15) is 0 Å². The van der Waals surface area contributed by atoms with Crippen molar-refractivity contribution in [2.45, 2.75) is 0 Å². The lowest BCUT2D eigenvalue weighted by molar-refractivity contribution is 1.23. The van der Waals surface area contributed by atoms with Crippen LogP contribution in [0.5, 0.6) is 0 Å². The average Bonchev–Trinajstić information content (AvgIpc) is 2.14. The second-order valence-electron chi connectivity index (χ2n) is 1.04. The summed E-state index contributed by atoms with van der Waals surface area (Å²) < 4.78 is 1.90. The van der Waals surface area contributed by atoms with Crippen LogP contribution in [0.15, 0.2) is 18.7 Å². The van der Waals surface area contributed by atoms with Gasteiger partial charge in [0.25, 0.3) is 0 Å². The molecule has 0 saturated carbocycles. The van der Waals surface area contributed by atoms with Gasteiger partial charge in [-0.25, -0.2) is 4.98 Å². The van der Waals surface area contributed by atoms with Crippen LogP contribution in [0.1, 0.15) is 0 Å². The number of hydrogen-bond donors (Lipinski definition) is 0. The van der Waals surface area contributed by atoms with Gasteiger partial charge in [-0.2, -0.15) is 0 Å². The highest BCUT2D eigenvalue weighted by Crippen LogP contribution is 2.03. The monoisotopic (exact) mass is 130 g/mol. The predicted molar refractivity (Wildman–Crippen MR) is 32.9 cm³/mol. The molecule has 1 heterocycles. The molecule has 0 unspecified atom stereocenters. The molecule has 0 fully saturated rings. The van der Waals surface area contributed by atoms with Crippen molar-refractivity contribution in [2.75, 3.05) is 0 Å². The lowest BCUT2D eigenvalue weighted by atomic mass is 11.0. The molecule has 0 atom stereocenters. The van der Waals surface area contributed by atoms with E-state index in [1.165, 1.54) is 0 Å². The van der Waals surface area contributed by atoms with Gasteiger partial charge in [0.2, 0.25) is 0 Å². The van der Waals surface area contributed by atoms with Gasteiger partial charge < -0.3 is 0 Å². The lowest BCUT2D eigenvalue weighted by Gasteiger charge is -1.78. The Kier molecular flexibility index (Phi) is 1.56. The lowest BCUT2D eigenvalue weighted by Crippen LogP contribution is -1.64. The Labute approximate surface area is 45.5 Å². The SMILES string of the molecule is P=Pn1ccnc1. The van der Waals surface area contributed by atoms with Crippen molar-refractivity contribution < 1.29 is 0 Å². The van der Waals surface area contributed by atoms with Crippen LogP contribution in [0.3, 0.4) is 0 Å². The van der Waals surface area contributed by atoms with Crippen molar-refractivity contribution in [3.63, 3.8) is 0 Å². The number of nitrogens with zero attached hydrogens (tertiary/aromatic N) is 2. The first-order valence-corrected chi connectivity index (χ1v) is 3.98. The molecule has 0 amide bonds. The highest BCUT2D eigenvalue weighted by atomic mass is 31.7. The Balaban J connectivity index is 2.96. The molecule has 0 bridgehead atoms. The Hall–Kier alpha value is -0.190. The van der Waals surface area contributed by atoms with E-state index in [1.807, 2.05) is 10.5 Å². The van der Waals surface area contributed by atoms with Gasteiger partial charge in [0.15, 0.2) is 0 Å². The second-order valence-corrected chi connectivity index (χ2v) is 2.30. The number of imidazole rings is 1. The van der Waals surface area contributed by atoms with Gasteiger partial charge in [-0.3, -0.25) is 4.34 Å². The zero-order chi connectivity index (χ0) is 5.11. The van der Waals surface area contributed by atoms with E-state index in [1.54, 1.807) is 12.5 Å². The molecule has 0 aliphatic rings. The van der Waals surface area contributed by atoms with Crippen LogP contribution in [-0.4, -0.2) is 9.32 Å². The van der Waals surface area contributed by atoms with Crippen LogP contribution in [0.25, 0.3) is 0 Å². The van der Waals surface area contributed by atoms with E-state index in [4.69, 9.17) is 0 Å². The summed E-state index contributed by atoms with van der Waals surface area (Å²) in [5.74, 6) is 0. The average molecular weight is 130 g/mol. The molecule has 4 heteroatoms. The molecule has 2 nitrogen and oxygen atoms in total. The first-order valence-electron chi connectivity index (χ1n) is 1.79. The number of aromatic nitrogens is 2. The molecule has 36 valence electrons. The van der Waals surface area contributed by atoms with Crippen molar-refractivity contribution in [3.8, 4) is 0 Å². The molecule has 1 aromatic rings. The van der Waals surface area contributed by atoms with Crippen molar-refractivity contribution in [1.82, 2.24) is 9.32 Å². The summed E-state index contributed by atoms with van der Waals surface area (Å²) in [5.41, 5.74) is 0. The Morgan fingerprint density at radius 2 is 2.57 bits per heavy atom. The summed E-state index contributed by atoms with van der Waals surface area (Å²) in [6.45, 7) is 0. The van der Waals surface area contributed by atoms with Crippen molar-refractivity contribution in [2.24, 2.45) is 0 Å². The Morgan fingerprint density at radius 1 is 1.71 bits per heavy atom. The maximum atomic E-state index is 3.82. The van der Waals surface area contributed by atoms with Gasteiger partial charge in [-0.15, -0.1) is 0 Å². The molecule has 0 N–H and O–H groups in total. The number of hydrogen-bond acceptors (Lipinski definition) is 1. The largest absolute Gasteiger partial charge is 0.285 e. The third-order valence-corrected chi connectivity index (χ3v) is 1.77. The molecule has 7 heavy (non-hydrogen) atoms. The minimum absolute atomic E-state index is 1.02. The van der Waals surface area contributed by atoms with Crippen molar-refractivity contribution in [3.05, 3.63) is 18.7 Å². The molecule has 0 aromatic carbocycles. The Bertz CT molecular complexity index is 146. The van der Waals surface area contributed by atoms with Crippen LogP contribution in [0.2, 0.25) is 0 Å². The fourth-order valence-electron chi connectivity index (χ4n) is 0.311. The summed E-state index contributed by atoms with van der Waals surface area (Å²) in [7, 11) is 4.30. The third kappa shape index (κ3) is 1.09. The quantitative estimate of drug-likeness (QED) is 0.528. The normalized spacial score (nSPS) is 9.71. The smallest absolute Gasteiger partial charge is 0.102 e. The minimum Gasteiger partial charge on any atom is -0.285 e. The standard InChI is InChI=1S/C3H4N2P2/c6-7-5-2-1-4-3-5/h1-3,6H. The van der Waals surface area contributed by atoms with Crippen LogP contribution in [0, 0.1) is 0 Å². The first-order chi connectivity index (χ1) is 3.43. The fraction of sp³-hybridized carbons (Fsp3) is 0. The molecule has 0 aliphatic carbocycles. The molecule has 0 aliphatic heterocycles. The van der Waals surface area contributed by atoms with Crippen LogP contribution < -0.4 is 0 Å². The summed E-state index contributed by atoms with van der Waals surface area (Å²) in [4.78, 5) is 3.82. The summed E-state index contributed by atoms with van der Waals surface area (Å²) >= 11 is 0. The summed E-state index contributed by atoms with van der Waals surface area (Å²) in [5, 5.41) is 0. The second kappa shape index (κ2) is 2.20. The highest BCUT2D eigenvalue weighted by Gasteiger charge is 1.74. The zero-order valence-corrected chi connectivity index (χ0v) is 5.47. The highest BCUT2D eigenvalue weighted by molar-refractivity contribution is 7.73. The van der Waals surface area contributed by atoms with Gasteiger partial charge >= 0.3 is 0 Å². The fourth-order valence-corrected chi connectivity index (χ4v) is 0.904. The number of rotatable bonds is 1. The minimum atomic E-state index is 1.02. The summed E-state index contributed by atoms with van der Waals surface area (Å²) in [6, 6.07) is 0. The van der Waals surface area contributed by atoms with Gasteiger partial charge in [0.1, 0.15) is 6.33 Å². The summed E-state index contributed by atoms with van der Waals surface area (Å²) in [6.07, 6.45) is 5.37. The topological polar surface area (TPSA) is 17.8 Å². The molecule has 0 radical (unpaired) electrons. The van der Waals surface area contributed by atoms with E-state index in [-0.39, 0.29) is 0 Å². The van der Waals surface area contributed by atoms with Gasteiger partial charge in [0, 0.05) is 20.4 Å². The van der Waals surface area contributed by atoms with Crippen molar-refractivity contribution >= 4 is 16.5 Å². The zero-order valence-electron chi connectivity index (χ0n) is 3.57. The Morgan fingerprint density at radius 3 is 2.86 bits per heavy atom. The third-order valence-electron chi connectivity index (χ3n) is 0.606. The van der Waals surface area contributed by atoms with Crippen molar-refractivity contribution in [1.29, 1.82) is 0 Å². The van der Waals surface area contributed by atoms with E-state index >= 15 is 0 Å². The molecule has 1 aromatic heterocycles.